The monoisotopic (exact) mass is 263 g/mol. The summed E-state index contributed by atoms with van der Waals surface area (Å²) in [5, 5.41) is 14.4. The van der Waals surface area contributed by atoms with E-state index < -0.39 is 0 Å². The lowest BCUT2D eigenvalue weighted by Crippen LogP contribution is -2.53. The summed E-state index contributed by atoms with van der Waals surface area (Å²) in [6, 6.07) is 6.25. The number of nitro groups is 1. The second-order valence-corrected chi connectivity index (χ2v) is 5.48. The van der Waals surface area contributed by atoms with Crippen molar-refractivity contribution in [2.24, 2.45) is 0 Å². The molecule has 1 aromatic rings. The Balaban J connectivity index is 2.15. The molecule has 0 aliphatic carbocycles. The minimum Gasteiger partial charge on any atom is -0.309 e. The zero-order valence-electron chi connectivity index (χ0n) is 11.7. The number of rotatable bonds is 3. The Morgan fingerprint density at radius 3 is 2.58 bits per heavy atom. The largest absolute Gasteiger partial charge is 0.309 e. The fourth-order valence-electron chi connectivity index (χ4n) is 2.85. The van der Waals surface area contributed by atoms with Gasteiger partial charge in [0, 0.05) is 43.3 Å². The van der Waals surface area contributed by atoms with Gasteiger partial charge in [0.2, 0.25) is 0 Å². The first-order chi connectivity index (χ1) is 8.97. The molecule has 0 bridgehead atoms. The fraction of sp³-hybridized carbons (Fsp3) is 0.571. The lowest BCUT2D eigenvalue weighted by atomic mass is 10.0. The number of nitrogens with one attached hydrogen (secondary N) is 1. The van der Waals surface area contributed by atoms with Crippen molar-refractivity contribution in [2.45, 2.75) is 39.4 Å². The second-order valence-electron chi connectivity index (χ2n) is 5.48. The molecule has 1 aliphatic heterocycles. The SMILES string of the molecule is Cc1c(CN2CC(C)NC(C)C2)cccc1[N+](=O)[O-]. The van der Waals surface area contributed by atoms with Gasteiger partial charge in [-0.15, -0.1) is 0 Å². The molecule has 0 aromatic heterocycles. The molecule has 0 radical (unpaired) electrons. The highest BCUT2D eigenvalue weighted by atomic mass is 16.6. The zero-order chi connectivity index (χ0) is 14.0. The van der Waals surface area contributed by atoms with Crippen LogP contribution in [0.2, 0.25) is 0 Å². The predicted octanol–water partition coefficient (Wildman–Crippen LogP) is 2.09. The van der Waals surface area contributed by atoms with E-state index in [0.717, 1.165) is 30.8 Å². The Morgan fingerprint density at radius 1 is 1.37 bits per heavy atom. The minimum absolute atomic E-state index is 0.216. The van der Waals surface area contributed by atoms with Crippen LogP contribution >= 0.6 is 0 Å². The van der Waals surface area contributed by atoms with Crippen molar-refractivity contribution in [1.29, 1.82) is 0 Å². The number of hydrogen-bond donors (Lipinski definition) is 1. The van der Waals surface area contributed by atoms with Crippen LogP contribution in [0.5, 0.6) is 0 Å². The number of nitro benzene ring substituents is 1. The standard InChI is InChI=1S/C14H21N3O2/c1-10-7-16(8-11(2)15-10)9-13-5-4-6-14(12(13)3)17(18)19/h4-6,10-11,15H,7-9H2,1-3H3. The summed E-state index contributed by atoms with van der Waals surface area (Å²) < 4.78 is 0. The van der Waals surface area contributed by atoms with Crippen molar-refractivity contribution in [1.82, 2.24) is 10.2 Å². The first-order valence-electron chi connectivity index (χ1n) is 6.68. The number of hydrogen-bond acceptors (Lipinski definition) is 4. The van der Waals surface area contributed by atoms with E-state index in [-0.39, 0.29) is 10.6 Å². The summed E-state index contributed by atoms with van der Waals surface area (Å²) in [6.07, 6.45) is 0. The van der Waals surface area contributed by atoms with Crippen LogP contribution in [0.25, 0.3) is 0 Å². The maximum atomic E-state index is 11.0. The van der Waals surface area contributed by atoms with Gasteiger partial charge in [0.05, 0.1) is 4.92 Å². The summed E-state index contributed by atoms with van der Waals surface area (Å²) in [5.41, 5.74) is 2.05. The van der Waals surface area contributed by atoms with Gasteiger partial charge < -0.3 is 5.32 Å². The summed E-state index contributed by atoms with van der Waals surface area (Å²) in [6.45, 7) is 8.91. The van der Waals surface area contributed by atoms with Crippen LogP contribution in [0.4, 0.5) is 5.69 Å². The lowest BCUT2D eigenvalue weighted by Gasteiger charge is -2.36. The van der Waals surface area contributed by atoms with Crippen LogP contribution in [-0.4, -0.2) is 35.0 Å². The Labute approximate surface area is 113 Å². The molecule has 1 fully saturated rings. The van der Waals surface area contributed by atoms with Gasteiger partial charge in [-0.1, -0.05) is 12.1 Å². The Bertz CT molecular complexity index is 466. The molecule has 5 heteroatoms. The molecule has 19 heavy (non-hydrogen) atoms. The van der Waals surface area contributed by atoms with E-state index in [1.54, 1.807) is 12.1 Å². The third kappa shape index (κ3) is 3.30. The van der Waals surface area contributed by atoms with E-state index in [2.05, 4.69) is 24.1 Å². The first kappa shape index (κ1) is 14.0. The molecule has 1 aliphatic rings. The van der Waals surface area contributed by atoms with Gasteiger partial charge in [-0.05, 0) is 26.3 Å². The van der Waals surface area contributed by atoms with Gasteiger partial charge in [0.15, 0.2) is 0 Å². The summed E-state index contributed by atoms with van der Waals surface area (Å²) in [7, 11) is 0. The number of benzene rings is 1. The molecular formula is C14H21N3O2. The number of piperazine rings is 1. The zero-order valence-corrected chi connectivity index (χ0v) is 11.7. The van der Waals surface area contributed by atoms with Crippen LogP contribution < -0.4 is 5.32 Å². The molecule has 1 heterocycles. The van der Waals surface area contributed by atoms with Crippen LogP contribution in [-0.2, 0) is 6.54 Å². The van der Waals surface area contributed by atoms with Crippen molar-refractivity contribution in [2.75, 3.05) is 13.1 Å². The van der Waals surface area contributed by atoms with Crippen LogP contribution in [0.1, 0.15) is 25.0 Å². The molecule has 1 saturated heterocycles. The maximum Gasteiger partial charge on any atom is 0.272 e. The van der Waals surface area contributed by atoms with E-state index in [1.165, 1.54) is 0 Å². The highest BCUT2D eigenvalue weighted by Gasteiger charge is 2.22. The van der Waals surface area contributed by atoms with E-state index in [4.69, 9.17) is 0 Å². The average molecular weight is 263 g/mol. The molecule has 1 aromatic carbocycles. The molecule has 2 atom stereocenters. The van der Waals surface area contributed by atoms with Gasteiger partial charge in [-0.3, -0.25) is 15.0 Å². The third-order valence-corrected chi connectivity index (χ3v) is 3.64. The fourth-order valence-corrected chi connectivity index (χ4v) is 2.85. The first-order valence-corrected chi connectivity index (χ1v) is 6.68. The van der Waals surface area contributed by atoms with Crippen LogP contribution in [0.3, 0.4) is 0 Å². The predicted molar refractivity (Wildman–Crippen MR) is 75.2 cm³/mol. The molecule has 104 valence electrons. The Hall–Kier alpha value is -1.46. The summed E-state index contributed by atoms with van der Waals surface area (Å²) in [4.78, 5) is 13.0. The van der Waals surface area contributed by atoms with Crippen molar-refractivity contribution >= 4 is 5.69 Å². The quantitative estimate of drug-likeness (QED) is 0.670. The normalized spacial score (nSPS) is 24.4. The van der Waals surface area contributed by atoms with Gasteiger partial charge >= 0.3 is 0 Å². The van der Waals surface area contributed by atoms with Crippen molar-refractivity contribution in [3.8, 4) is 0 Å². The maximum absolute atomic E-state index is 11.0. The minimum atomic E-state index is -0.304. The van der Waals surface area contributed by atoms with Gasteiger partial charge in [-0.2, -0.15) is 0 Å². The van der Waals surface area contributed by atoms with E-state index in [0.29, 0.717) is 12.1 Å². The molecule has 2 rings (SSSR count). The van der Waals surface area contributed by atoms with Crippen LogP contribution in [0, 0.1) is 17.0 Å². The second kappa shape index (κ2) is 5.67. The average Bonchev–Trinajstić information content (AvgIpc) is 2.30. The molecule has 2 unspecified atom stereocenters. The van der Waals surface area contributed by atoms with Crippen molar-refractivity contribution < 1.29 is 4.92 Å². The van der Waals surface area contributed by atoms with Gasteiger partial charge in [-0.25, -0.2) is 0 Å². The van der Waals surface area contributed by atoms with Gasteiger partial charge in [0.25, 0.3) is 5.69 Å². The van der Waals surface area contributed by atoms with Crippen molar-refractivity contribution in [3.63, 3.8) is 0 Å². The molecule has 0 spiro atoms. The van der Waals surface area contributed by atoms with Crippen molar-refractivity contribution in [3.05, 3.63) is 39.4 Å². The molecule has 0 amide bonds. The highest BCUT2D eigenvalue weighted by molar-refractivity contribution is 5.44. The Kier molecular flexibility index (Phi) is 4.17. The third-order valence-electron chi connectivity index (χ3n) is 3.64. The number of nitrogens with zero attached hydrogens (tertiary/aromatic N) is 2. The lowest BCUT2D eigenvalue weighted by molar-refractivity contribution is -0.385. The topological polar surface area (TPSA) is 58.4 Å². The molecule has 1 N–H and O–H groups in total. The van der Waals surface area contributed by atoms with Crippen LogP contribution in [0.15, 0.2) is 18.2 Å². The Morgan fingerprint density at radius 2 is 2.00 bits per heavy atom. The van der Waals surface area contributed by atoms with E-state index >= 15 is 0 Å². The smallest absolute Gasteiger partial charge is 0.272 e. The van der Waals surface area contributed by atoms with E-state index in [1.807, 2.05) is 13.0 Å². The van der Waals surface area contributed by atoms with Gasteiger partial charge in [0.1, 0.15) is 0 Å². The highest BCUT2D eigenvalue weighted by Crippen LogP contribution is 2.22. The molecule has 0 saturated carbocycles. The summed E-state index contributed by atoms with van der Waals surface area (Å²) >= 11 is 0. The van der Waals surface area contributed by atoms with E-state index in [9.17, 15) is 10.1 Å². The molecular weight excluding hydrogens is 242 g/mol. The molecule has 5 nitrogen and oxygen atoms in total. The summed E-state index contributed by atoms with van der Waals surface area (Å²) in [5.74, 6) is 0.